The van der Waals surface area contributed by atoms with Gasteiger partial charge in [0, 0.05) is 29.4 Å². The maximum Gasteiger partial charge on any atom is 0.243 e. The second-order valence-electron chi connectivity index (χ2n) is 6.73. The van der Waals surface area contributed by atoms with Crippen molar-refractivity contribution in [3.8, 4) is 0 Å². The molecule has 2 aromatic rings. The first-order valence-corrected chi connectivity index (χ1v) is 9.53. The third-order valence-corrected chi connectivity index (χ3v) is 5.08. The van der Waals surface area contributed by atoms with Crippen LogP contribution in [0.15, 0.2) is 42.5 Å². The monoisotopic (exact) mass is 399 g/mol. The molecule has 1 heterocycles. The number of anilines is 2. The van der Waals surface area contributed by atoms with E-state index in [1.807, 2.05) is 31.2 Å². The van der Waals surface area contributed by atoms with Gasteiger partial charge in [0.05, 0.1) is 13.0 Å². The maximum atomic E-state index is 12.1. The molecule has 3 rings (SSSR count). The molecule has 0 bridgehead atoms. The van der Waals surface area contributed by atoms with Gasteiger partial charge in [-0.05, 0) is 48.7 Å². The predicted molar refractivity (Wildman–Crippen MR) is 110 cm³/mol. The lowest BCUT2D eigenvalue weighted by atomic mass is 10.1. The average Bonchev–Trinajstić information content (AvgIpc) is 3.10. The highest BCUT2D eigenvalue weighted by atomic mass is 35.5. The number of halogens is 1. The van der Waals surface area contributed by atoms with Crippen LogP contribution in [0, 0.1) is 6.92 Å². The largest absolute Gasteiger partial charge is 0.347 e. The Morgan fingerprint density at radius 3 is 2.54 bits per heavy atom. The SMILES string of the molecule is Cc1c(Cl)cccc1NC(=O)CNC(=O)Cc1ccc(N2CCCC2=O)cc1. The lowest BCUT2D eigenvalue weighted by Gasteiger charge is -2.15. The second kappa shape index (κ2) is 8.89. The third-order valence-electron chi connectivity index (χ3n) is 4.67. The summed E-state index contributed by atoms with van der Waals surface area (Å²) in [5, 5.41) is 5.92. The molecule has 1 aliphatic heterocycles. The fraction of sp³-hybridized carbons (Fsp3) is 0.286. The molecule has 146 valence electrons. The van der Waals surface area contributed by atoms with Gasteiger partial charge in [-0.1, -0.05) is 29.8 Å². The molecular weight excluding hydrogens is 378 g/mol. The molecule has 1 saturated heterocycles. The molecule has 1 fully saturated rings. The summed E-state index contributed by atoms with van der Waals surface area (Å²) in [6.45, 7) is 2.43. The molecule has 0 aliphatic carbocycles. The number of nitrogens with one attached hydrogen (secondary N) is 2. The van der Waals surface area contributed by atoms with Gasteiger partial charge in [0.15, 0.2) is 0 Å². The zero-order chi connectivity index (χ0) is 20.1. The van der Waals surface area contributed by atoms with Gasteiger partial charge in [0.1, 0.15) is 0 Å². The minimum atomic E-state index is -0.318. The minimum Gasteiger partial charge on any atom is -0.347 e. The number of carbonyl (C=O) groups is 3. The molecule has 2 N–H and O–H groups in total. The summed E-state index contributed by atoms with van der Waals surface area (Å²) in [6, 6.07) is 12.6. The Balaban J connectivity index is 1.48. The molecule has 0 spiro atoms. The Morgan fingerprint density at radius 1 is 1.11 bits per heavy atom. The van der Waals surface area contributed by atoms with Crippen LogP contribution in [0.25, 0.3) is 0 Å². The lowest BCUT2D eigenvalue weighted by Crippen LogP contribution is -2.33. The van der Waals surface area contributed by atoms with Crippen molar-refractivity contribution in [2.75, 3.05) is 23.3 Å². The maximum absolute atomic E-state index is 12.1. The van der Waals surface area contributed by atoms with Crippen LogP contribution in [0.5, 0.6) is 0 Å². The fourth-order valence-electron chi connectivity index (χ4n) is 3.08. The Morgan fingerprint density at radius 2 is 1.86 bits per heavy atom. The van der Waals surface area contributed by atoms with Crippen LogP contribution in [0.2, 0.25) is 5.02 Å². The number of amides is 3. The first kappa shape index (κ1) is 19.9. The standard InChI is InChI=1S/C21H22ClN3O3/c1-14-17(22)4-2-5-18(14)24-20(27)13-23-19(26)12-15-7-9-16(10-8-15)25-11-3-6-21(25)28/h2,4-5,7-10H,3,6,11-13H2,1H3,(H,23,26)(H,24,27). The van der Waals surface area contributed by atoms with Crippen LogP contribution in [0.3, 0.4) is 0 Å². The first-order chi connectivity index (χ1) is 13.4. The van der Waals surface area contributed by atoms with Crippen molar-refractivity contribution < 1.29 is 14.4 Å². The molecular formula is C21H22ClN3O3. The van der Waals surface area contributed by atoms with Crippen LogP contribution >= 0.6 is 11.6 Å². The van der Waals surface area contributed by atoms with E-state index >= 15 is 0 Å². The van der Waals surface area contributed by atoms with Gasteiger partial charge >= 0.3 is 0 Å². The van der Waals surface area contributed by atoms with Crippen LogP contribution in [0.1, 0.15) is 24.0 Å². The Bertz CT molecular complexity index is 896. The quantitative estimate of drug-likeness (QED) is 0.783. The Hall–Kier alpha value is -2.86. The molecule has 0 saturated carbocycles. The highest BCUT2D eigenvalue weighted by Crippen LogP contribution is 2.23. The summed E-state index contributed by atoms with van der Waals surface area (Å²) in [6.07, 6.45) is 1.62. The topological polar surface area (TPSA) is 78.5 Å². The van der Waals surface area contributed by atoms with Crippen molar-refractivity contribution in [1.82, 2.24) is 5.32 Å². The molecule has 0 unspecified atom stereocenters. The molecule has 3 amide bonds. The summed E-state index contributed by atoms with van der Waals surface area (Å²) in [5.74, 6) is -0.434. The summed E-state index contributed by atoms with van der Waals surface area (Å²) in [4.78, 5) is 37.7. The number of nitrogens with zero attached hydrogens (tertiary/aromatic N) is 1. The lowest BCUT2D eigenvalue weighted by molar-refractivity contribution is -0.123. The van der Waals surface area contributed by atoms with Crippen LogP contribution < -0.4 is 15.5 Å². The van der Waals surface area contributed by atoms with Gasteiger partial charge < -0.3 is 15.5 Å². The highest BCUT2D eigenvalue weighted by Gasteiger charge is 2.21. The average molecular weight is 400 g/mol. The number of benzene rings is 2. The van der Waals surface area contributed by atoms with E-state index in [0.717, 1.165) is 29.8 Å². The highest BCUT2D eigenvalue weighted by molar-refractivity contribution is 6.31. The normalized spacial score (nSPS) is 13.5. The Kier molecular flexibility index (Phi) is 6.31. The summed E-state index contributed by atoms with van der Waals surface area (Å²) < 4.78 is 0. The molecule has 6 nitrogen and oxygen atoms in total. The predicted octanol–water partition coefficient (Wildman–Crippen LogP) is 3.07. The number of hydrogen-bond donors (Lipinski definition) is 2. The van der Waals surface area contributed by atoms with Gasteiger partial charge in [0.2, 0.25) is 17.7 Å². The van der Waals surface area contributed by atoms with Crippen molar-refractivity contribution in [3.63, 3.8) is 0 Å². The van der Waals surface area contributed by atoms with Crippen LogP contribution in [0.4, 0.5) is 11.4 Å². The fourth-order valence-corrected chi connectivity index (χ4v) is 3.25. The van der Waals surface area contributed by atoms with Crippen molar-refractivity contribution in [2.24, 2.45) is 0 Å². The summed E-state index contributed by atoms with van der Waals surface area (Å²) in [7, 11) is 0. The molecule has 2 aromatic carbocycles. The molecule has 0 atom stereocenters. The molecule has 1 aliphatic rings. The van der Waals surface area contributed by atoms with Crippen molar-refractivity contribution in [1.29, 1.82) is 0 Å². The Labute approximate surface area is 168 Å². The van der Waals surface area contributed by atoms with Crippen LogP contribution in [-0.2, 0) is 20.8 Å². The minimum absolute atomic E-state index is 0.120. The van der Waals surface area contributed by atoms with Crippen molar-refractivity contribution in [3.05, 3.63) is 58.6 Å². The molecule has 0 aromatic heterocycles. The van der Waals surface area contributed by atoms with E-state index in [-0.39, 0.29) is 30.7 Å². The third kappa shape index (κ3) is 4.89. The second-order valence-corrected chi connectivity index (χ2v) is 7.14. The van der Waals surface area contributed by atoms with Crippen molar-refractivity contribution >= 4 is 40.7 Å². The smallest absolute Gasteiger partial charge is 0.243 e. The summed E-state index contributed by atoms with van der Waals surface area (Å²) in [5.41, 5.74) is 3.07. The first-order valence-electron chi connectivity index (χ1n) is 9.15. The van der Waals surface area contributed by atoms with E-state index in [1.54, 1.807) is 23.1 Å². The van der Waals surface area contributed by atoms with Crippen LogP contribution in [-0.4, -0.2) is 30.8 Å². The van der Waals surface area contributed by atoms with E-state index in [4.69, 9.17) is 11.6 Å². The molecule has 0 radical (unpaired) electrons. The zero-order valence-corrected chi connectivity index (χ0v) is 16.4. The van der Waals surface area contributed by atoms with E-state index in [2.05, 4.69) is 10.6 Å². The van der Waals surface area contributed by atoms with Crippen molar-refractivity contribution in [2.45, 2.75) is 26.2 Å². The number of hydrogen-bond acceptors (Lipinski definition) is 3. The molecule has 7 heteroatoms. The summed E-state index contributed by atoms with van der Waals surface area (Å²) >= 11 is 6.03. The van der Waals surface area contributed by atoms with Gasteiger partial charge in [-0.25, -0.2) is 0 Å². The molecule has 28 heavy (non-hydrogen) atoms. The van der Waals surface area contributed by atoms with Gasteiger partial charge in [-0.2, -0.15) is 0 Å². The zero-order valence-electron chi connectivity index (χ0n) is 15.6. The number of rotatable bonds is 6. The van der Waals surface area contributed by atoms with Gasteiger partial charge in [-0.3, -0.25) is 14.4 Å². The van der Waals surface area contributed by atoms with Gasteiger partial charge in [-0.15, -0.1) is 0 Å². The van der Waals surface area contributed by atoms with E-state index in [0.29, 0.717) is 17.1 Å². The van der Waals surface area contributed by atoms with Gasteiger partial charge in [0.25, 0.3) is 0 Å². The van der Waals surface area contributed by atoms with E-state index < -0.39 is 0 Å². The van der Waals surface area contributed by atoms with E-state index in [1.165, 1.54) is 0 Å². The van der Waals surface area contributed by atoms with E-state index in [9.17, 15) is 14.4 Å². The number of carbonyl (C=O) groups excluding carboxylic acids is 3.